The zero-order chi connectivity index (χ0) is 10.1. The predicted octanol–water partition coefficient (Wildman–Crippen LogP) is 2.37. The van der Waals surface area contributed by atoms with Crippen LogP contribution in [0.3, 0.4) is 0 Å². The second-order valence-corrected chi connectivity index (χ2v) is 3.98. The van der Waals surface area contributed by atoms with Crippen LogP contribution in [-0.2, 0) is 0 Å². The van der Waals surface area contributed by atoms with Crippen molar-refractivity contribution in [2.75, 3.05) is 19.6 Å². The Kier molecular flexibility index (Phi) is 2.41. The van der Waals surface area contributed by atoms with Crippen molar-refractivity contribution in [2.24, 2.45) is 11.8 Å². The van der Waals surface area contributed by atoms with Gasteiger partial charge < -0.3 is 4.90 Å². The van der Waals surface area contributed by atoms with Gasteiger partial charge in [-0.3, -0.25) is 0 Å². The molecule has 1 aliphatic heterocycles. The van der Waals surface area contributed by atoms with Crippen molar-refractivity contribution in [3.8, 4) is 0 Å². The summed E-state index contributed by atoms with van der Waals surface area (Å²) in [6, 6.07) is 0. The molecular formula is C10H21N. The summed E-state index contributed by atoms with van der Waals surface area (Å²) >= 11 is 0. The quantitative estimate of drug-likeness (QED) is 0.595. The SMILES string of the molecule is [2H]C([2H])(C(C)C)N1CCC[C@H](C)C1. The van der Waals surface area contributed by atoms with Crippen LogP contribution in [0.1, 0.15) is 36.4 Å². The van der Waals surface area contributed by atoms with Gasteiger partial charge in [-0.1, -0.05) is 20.8 Å². The molecule has 0 amide bonds. The summed E-state index contributed by atoms with van der Waals surface area (Å²) in [5.41, 5.74) is 0. The Balaban J connectivity index is 2.59. The molecule has 0 N–H and O–H groups in total. The minimum absolute atomic E-state index is 0.0813. The first kappa shape index (κ1) is 6.47. The lowest BCUT2D eigenvalue weighted by Gasteiger charge is -2.31. The lowest BCUT2D eigenvalue weighted by molar-refractivity contribution is 0.167. The summed E-state index contributed by atoms with van der Waals surface area (Å²) in [4.78, 5) is 2.01. The van der Waals surface area contributed by atoms with E-state index in [1.165, 1.54) is 6.42 Å². The van der Waals surface area contributed by atoms with Crippen LogP contribution < -0.4 is 0 Å². The van der Waals surface area contributed by atoms with Crippen LogP contribution in [0.15, 0.2) is 0 Å². The van der Waals surface area contributed by atoms with Gasteiger partial charge in [0, 0.05) is 15.8 Å². The fourth-order valence-corrected chi connectivity index (χ4v) is 1.67. The summed E-state index contributed by atoms with van der Waals surface area (Å²) in [5, 5.41) is 0. The Labute approximate surface area is 73.6 Å². The molecule has 0 spiro atoms. The third-order valence-corrected chi connectivity index (χ3v) is 2.10. The van der Waals surface area contributed by atoms with Gasteiger partial charge in [-0.15, -0.1) is 0 Å². The molecule has 1 atom stereocenters. The van der Waals surface area contributed by atoms with Gasteiger partial charge in [0.2, 0.25) is 0 Å². The minimum Gasteiger partial charge on any atom is -0.303 e. The summed E-state index contributed by atoms with van der Waals surface area (Å²) in [7, 11) is 0. The molecule has 0 unspecified atom stereocenters. The van der Waals surface area contributed by atoms with Crippen LogP contribution in [0, 0.1) is 11.8 Å². The van der Waals surface area contributed by atoms with Crippen molar-refractivity contribution in [2.45, 2.75) is 33.6 Å². The maximum absolute atomic E-state index is 7.96. The zero-order valence-electron chi connectivity index (χ0n) is 9.93. The molecule has 0 saturated carbocycles. The van der Waals surface area contributed by atoms with Crippen LogP contribution in [0.5, 0.6) is 0 Å². The summed E-state index contributed by atoms with van der Waals surface area (Å²) in [6.07, 6.45) is 2.40. The van der Waals surface area contributed by atoms with E-state index < -0.39 is 6.50 Å². The van der Waals surface area contributed by atoms with Crippen LogP contribution in [0.4, 0.5) is 0 Å². The number of rotatable bonds is 2. The molecule has 66 valence electrons. The minimum atomic E-state index is -1.12. The summed E-state index contributed by atoms with van der Waals surface area (Å²) < 4.78 is 15.9. The fraction of sp³-hybridized carbons (Fsp3) is 1.00. The van der Waals surface area contributed by atoms with Gasteiger partial charge in [0.1, 0.15) is 0 Å². The smallest absolute Gasteiger partial charge is 0.0433 e. The van der Waals surface area contributed by atoms with Crippen LogP contribution in [0.2, 0.25) is 0 Å². The Hall–Kier alpha value is -0.0400. The molecule has 1 saturated heterocycles. The summed E-state index contributed by atoms with van der Waals surface area (Å²) in [6.45, 7) is 6.86. The highest BCUT2D eigenvalue weighted by atomic mass is 15.1. The first-order valence-electron chi connectivity index (χ1n) is 5.69. The van der Waals surface area contributed by atoms with Crippen molar-refractivity contribution in [1.82, 2.24) is 4.90 Å². The van der Waals surface area contributed by atoms with Crippen molar-refractivity contribution < 1.29 is 2.74 Å². The van der Waals surface area contributed by atoms with E-state index in [-0.39, 0.29) is 5.92 Å². The maximum Gasteiger partial charge on any atom is 0.0433 e. The second-order valence-electron chi connectivity index (χ2n) is 3.98. The molecule has 0 aliphatic carbocycles. The van der Waals surface area contributed by atoms with Gasteiger partial charge in [0.25, 0.3) is 0 Å². The Morgan fingerprint density at radius 1 is 1.64 bits per heavy atom. The van der Waals surface area contributed by atoms with E-state index in [4.69, 9.17) is 2.74 Å². The highest BCUT2D eigenvalue weighted by molar-refractivity contribution is 4.70. The molecule has 0 bridgehead atoms. The highest BCUT2D eigenvalue weighted by Gasteiger charge is 2.16. The molecule has 1 heteroatoms. The Morgan fingerprint density at radius 2 is 2.36 bits per heavy atom. The first-order chi connectivity index (χ1) is 5.94. The lowest BCUT2D eigenvalue weighted by Crippen LogP contribution is -2.36. The van der Waals surface area contributed by atoms with Gasteiger partial charge in [0.15, 0.2) is 0 Å². The van der Waals surface area contributed by atoms with Crippen LogP contribution in [0.25, 0.3) is 0 Å². The molecule has 11 heavy (non-hydrogen) atoms. The number of nitrogens with zero attached hydrogens (tertiary/aromatic N) is 1. The van der Waals surface area contributed by atoms with E-state index in [9.17, 15) is 0 Å². The molecule has 1 nitrogen and oxygen atoms in total. The van der Waals surface area contributed by atoms with E-state index in [2.05, 4.69) is 6.92 Å². The van der Waals surface area contributed by atoms with Gasteiger partial charge in [0.05, 0.1) is 0 Å². The van der Waals surface area contributed by atoms with Crippen molar-refractivity contribution in [1.29, 1.82) is 0 Å². The van der Waals surface area contributed by atoms with E-state index in [0.29, 0.717) is 5.92 Å². The monoisotopic (exact) mass is 157 g/mol. The first-order valence-corrected chi connectivity index (χ1v) is 4.69. The van der Waals surface area contributed by atoms with Crippen LogP contribution >= 0.6 is 0 Å². The summed E-state index contributed by atoms with van der Waals surface area (Å²) in [5.74, 6) is 0.736. The lowest BCUT2D eigenvalue weighted by atomic mass is 9.99. The fourth-order valence-electron chi connectivity index (χ4n) is 1.67. The maximum atomic E-state index is 7.96. The number of piperidine rings is 1. The average Bonchev–Trinajstić information content (AvgIpc) is 2.04. The van der Waals surface area contributed by atoms with E-state index >= 15 is 0 Å². The van der Waals surface area contributed by atoms with E-state index in [1.54, 1.807) is 0 Å². The topological polar surface area (TPSA) is 3.24 Å². The largest absolute Gasteiger partial charge is 0.303 e. The van der Waals surface area contributed by atoms with E-state index in [0.717, 1.165) is 19.5 Å². The third-order valence-electron chi connectivity index (χ3n) is 2.10. The molecular weight excluding hydrogens is 134 g/mol. The molecule has 1 fully saturated rings. The van der Waals surface area contributed by atoms with Crippen molar-refractivity contribution >= 4 is 0 Å². The molecule has 0 aromatic rings. The standard InChI is InChI=1S/C10H21N/c1-9(2)7-11-6-4-5-10(3)8-11/h9-10H,4-8H2,1-3H3/t10-/m0/s1/i7D2. The number of hydrogen-bond donors (Lipinski definition) is 0. The van der Waals surface area contributed by atoms with Gasteiger partial charge in [-0.25, -0.2) is 0 Å². The van der Waals surface area contributed by atoms with Crippen LogP contribution in [-0.4, -0.2) is 24.5 Å². The number of likely N-dealkylation sites (tertiary alicyclic amines) is 1. The highest BCUT2D eigenvalue weighted by Crippen LogP contribution is 2.16. The molecule has 0 aromatic heterocycles. The molecule has 1 rings (SSSR count). The van der Waals surface area contributed by atoms with Gasteiger partial charge in [-0.05, 0) is 31.2 Å². The number of hydrogen-bond acceptors (Lipinski definition) is 1. The third kappa shape index (κ3) is 3.24. The van der Waals surface area contributed by atoms with E-state index in [1.807, 2.05) is 18.7 Å². The van der Waals surface area contributed by atoms with Crippen molar-refractivity contribution in [3.63, 3.8) is 0 Å². The normalized spacial score (nSPS) is 31.8. The van der Waals surface area contributed by atoms with Gasteiger partial charge >= 0.3 is 0 Å². The predicted molar refractivity (Wildman–Crippen MR) is 49.7 cm³/mol. The second kappa shape index (κ2) is 4.10. The van der Waals surface area contributed by atoms with Gasteiger partial charge in [-0.2, -0.15) is 0 Å². The Bertz CT molecular complexity index is 168. The molecule has 0 radical (unpaired) electrons. The molecule has 0 aromatic carbocycles. The average molecular weight is 157 g/mol. The molecule has 1 aliphatic rings. The molecule has 1 heterocycles. The van der Waals surface area contributed by atoms with Crippen molar-refractivity contribution in [3.05, 3.63) is 0 Å². The Morgan fingerprint density at radius 3 is 2.91 bits per heavy atom. The zero-order valence-corrected chi connectivity index (χ0v) is 7.93.